The summed E-state index contributed by atoms with van der Waals surface area (Å²) in [4.78, 5) is 5.13. The molecule has 0 amide bonds. The molecular weight excluding hydrogens is 414 g/mol. The predicted octanol–water partition coefficient (Wildman–Crippen LogP) is 6.42. The Hall–Kier alpha value is -3.99. The Morgan fingerprint density at radius 3 is 2.45 bits per heavy atom. The second-order valence-corrected chi connectivity index (χ2v) is 8.09. The summed E-state index contributed by atoms with van der Waals surface area (Å²) in [6, 6.07) is 22.5. The lowest BCUT2D eigenvalue weighted by molar-refractivity contribution is 0.174. The number of hydrogen-bond acceptors (Lipinski definition) is 5. The van der Waals surface area contributed by atoms with Crippen molar-refractivity contribution < 1.29 is 18.9 Å². The van der Waals surface area contributed by atoms with Gasteiger partial charge in [0, 0.05) is 16.2 Å². The zero-order chi connectivity index (χ0) is 22.4. The fraction of sp³-hybridized carbons (Fsp3) is 0.179. The minimum absolute atomic E-state index is 0.252. The Morgan fingerprint density at radius 2 is 1.67 bits per heavy atom. The van der Waals surface area contributed by atoms with Crippen LogP contribution in [0, 0.1) is 0 Å². The molecule has 0 saturated heterocycles. The number of methoxy groups -OCH3 is 1. The minimum Gasteiger partial charge on any atom is -0.493 e. The maximum atomic E-state index is 6.37. The molecule has 0 unspecified atom stereocenters. The van der Waals surface area contributed by atoms with Crippen molar-refractivity contribution in [2.45, 2.75) is 20.0 Å². The quantitative estimate of drug-likeness (QED) is 0.297. The van der Waals surface area contributed by atoms with Crippen LogP contribution in [0.1, 0.15) is 18.2 Å². The van der Waals surface area contributed by atoms with Crippen molar-refractivity contribution in [3.8, 4) is 23.0 Å². The zero-order valence-corrected chi connectivity index (χ0v) is 18.6. The lowest BCUT2D eigenvalue weighted by Crippen LogP contribution is -2.01. The molecule has 0 atom stereocenters. The number of aryl methyl sites for hydroxylation is 1. The first-order valence-corrected chi connectivity index (χ1v) is 11.1. The minimum atomic E-state index is 0.252. The van der Waals surface area contributed by atoms with Crippen LogP contribution in [0.2, 0.25) is 0 Å². The lowest BCUT2D eigenvalue weighted by Gasteiger charge is -2.17. The van der Waals surface area contributed by atoms with Gasteiger partial charge in [0.25, 0.3) is 0 Å². The van der Waals surface area contributed by atoms with Crippen molar-refractivity contribution in [3.05, 3.63) is 78.0 Å². The smallest absolute Gasteiger partial charge is 0.231 e. The molecule has 5 heteroatoms. The molecule has 0 spiro atoms. The Balaban J connectivity index is 1.60. The van der Waals surface area contributed by atoms with Gasteiger partial charge < -0.3 is 18.9 Å². The summed E-state index contributed by atoms with van der Waals surface area (Å²) < 4.78 is 23.3. The number of rotatable bonds is 5. The van der Waals surface area contributed by atoms with Crippen LogP contribution < -0.4 is 18.9 Å². The van der Waals surface area contributed by atoms with Crippen molar-refractivity contribution in [2.75, 3.05) is 13.9 Å². The molecule has 164 valence electrons. The van der Waals surface area contributed by atoms with Crippen molar-refractivity contribution >= 4 is 32.4 Å². The van der Waals surface area contributed by atoms with E-state index in [9.17, 15) is 0 Å². The second-order valence-electron chi connectivity index (χ2n) is 8.09. The maximum absolute atomic E-state index is 6.37. The van der Waals surface area contributed by atoms with E-state index in [1.54, 1.807) is 7.11 Å². The van der Waals surface area contributed by atoms with Gasteiger partial charge in [0.15, 0.2) is 23.0 Å². The number of ether oxygens (including phenoxy) is 4. The normalized spacial score (nSPS) is 12.5. The summed E-state index contributed by atoms with van der Waals surface area (Å²) in [5.41, 5.74) is 3.03. The summed E-state index contributed by atoms with van der Waals surface area (Å²) in [6.07, 6.45) is 0.766. The third kappa shape index (κ3) is 3.20. The summed E-state index contributed by atoms with van der Waals surface area (Å²) >= 11 is 0. The van der Waals surface area contributed by atoms with Crippen molar-refractivity contribution in [2.24, 2.45) is 0 Å². The Kier molecular flexibility index (Phi) is 4.68. The first kappa shape index (κ1) is 19.7. The lowest BCUT2D eigenvalue weighted by atomic mass is 9.98. The molecule has 1 aliphatic heterocycles. The van der Waals surface area contributed by atoms with Crippen LogP contribution in [0.25, 0.3) is 32.4 Å². The SMILES string of the molecule is CCc1nc2c3cc4c(cc3ccc2c2ccc(OC)c(OCc3ccccc3)c12)OCO4. The molecule has 4 aromatic carbocycles. The molecule has 1 aromatic heterocycles. The summed E-state index contributed by atoms with van der Waals surface area (Å²) in [5.74, 6) is 2.98. The number of nitrogens with zero attached hydrogens (tertiary/aromatic N) is 1. The fourth-order valence-corrected chi connectivity index (χ4v) is 4.59. The van der Waals surface area contributed by atoms with Crippen LogP contribution in [0.15, 0.2) is 66.7 Å². The highest BCUT2D eigenvalue weighted by Gasteiger charge is 2.20. The number of aromatic nitrogens is 1. The van der Waals surface area contributed by atoms with E-state index in [1.165, 1.54) is 0 Å². The average molecular weight is 437 g/mol. The summed E-state index contributed by atoms with van der Waals surface area (Å²) in [7, 11) is 1.67. The predicted molar refractivity (Wildman–Crippen MR) is 130 cm³/mol. The molecular formula is C28H23NO4. The van der Waals surface area contributed by atoms with Gasteiger partial charge in [0.2, 0.25) is 6.79 Å². The van der Waals surface area contributed by atoms with E-state index in [4.69, 9.17) is 23.9 Å². The van der Waals surface area contributed by atoms with Crippen LogP contribution in [-0.4, -0.2) is 18.9 Å². The van der Waals surface area contributed by atoms with E-state index in [2.05, 4.69) is 37.3 Å². The molecule has 0 saturated carbocycles. The molecule has 33 heavy (non-hydrogen) atoms. The second kappa shape index (κ2) is 7.85. The van der Waals surface area contributed by atoms with Gasteiger partial charge in [-0.3, -0.25) is 4.98 Å². The van der Waals surface area contributed by atoms with Crippen LogP contribution in [0.3, 0.4) is 0 Å². The molecule has 1 aliphatic rings. The Morgan fingerprint density at radius 1 is 0.879 bits per heavy atom. The molecule has 0 radical (unpaired) electrons. The van der Waals surface area contributed by atoms with E-state index in [0.29, 0.717) is 12.4 Å². The van der Waals surface area contributed by atoms with Gasteiger partial charge in [-0.05, 0) is 47.0 Å². The first-order chi connectivity index (χ1) is 16.3. The summed E-state index contributed by atoms with van der Waals surface area (Å²) in [6.45, 7) is 2.83. The number of hydrogen-bond donors (Lipinski definition) is 0. The molecule has 5 aromatic rings. The van der Waals surface area contributed by atoms with E-state index >= 15 is 0 Å². The molecule has 5 nitrogen and oxygen atoms in total. The largest absolute Gasteiger partial charge is 0.493 e. The molecule has 0 bridgehead atoms. The van der Waals surface area contributed by atoms with Gasteiger partial charge in [0.05, 0.1) is 18.3 Å². The van der Waals surface area contributed by atoms with E-state index in [0.717, 1.165) is 67.4 Å². The van der Waals surface area contributed by atoms with Gasteiger partial charge in [-0.2, -0.15) is 0 Å². The monoisotopic (exact) mass is 437 g/mol. The highest BCUT2D eigenvalue weighted by atomic mass is 16.7. The Labute approximate surface area is 191 Å². The van der Waals surface area contributed by atoms with Crippen molar-refractivity contribution in [3.63, 3.8) is 0 Å². The van der Waals surface area contributed by atoms with E-state index in [1.807, 2.05) is 36.4 Å². The third-order valence-corrected chi connectivity index (χ3v) is 6.21. The molecule has 6 rings (SSSR count). The highest BCUT2D eigenvalue weighted by Crippen LogP contribution is 2.43. The zero-order valence-electron chi connectivity index (χ0n) is 18.6. The van der Waals surface area contributed by atoms with Gasteiger partial charge in [-0.25, -0.2) is 0 Å². The Bertz CT molecular complexity index is 1510. The fourth-order valence-electron chi connectivity index (χ4n) is 4.59. The standard InChI is InChI=1S/C28H23NO4/c1-3-22-26-19(11-12-23(30-2)28(26)31-15-17-7-5-4-6-8-17)20-10-9-18-13-24-25(33-16-32-24)14-21(18)27(20)29-22/h4-14H,3,15-16H2,1-2H3. The van der Waals surface area contributed by atoms with Crippen LogP contribution in [-0.2, 0) is 13.0 Å². The number of fused-ring (bicyclic) bond motifs is 6. The molecule has 0 aliphatic carbocycles. The molecule has 0 N–H and O–H groups in total. The number of benzene rings is 4. The number of pyridine rings is 1. The third-order valence-electron chi connectivity index (χ3n) is 6.21. The maximum Gasteiger partial charge on any atom is 0.231 e. The topological polar surface area (TPSA) is 49.8 Å². The van der Waals surface area contributed by atoms with Crippen molar-refractivity contribution in [1.82, 2.24) is 4.98 Å². The highest BCUT2D eigenvalue weighted by molar-refractivity contribution is 6.17. The van der Waals surface area contributed by atoms with Gasteiger partial charge >= 0.3 is 0 Å². The summed E-state index contributed by atoms with van der Waals surface area (Å²) in [5, 5.41) is 5.30. The van der Waals surface area contributed by atoms with E-state index < -0.39 is 0 Å². The first-order valence-electron chi connectivity index (χ1n) is 11.1. The van der Waals surface area contributed by atoms with Crippen LogP contribution in [0.4, 0.5) is 0 Å². The van der Waals surface area contributed by atoms with E-state index in [-0.39, 0.29) is 6.79 Å². The molecule has 0 fully saturated rings. The van der Waals surface area contributed by atoms with Gasteiger partial charge in [-0.15, -0.1) is 0 Å². The van der Waals surface area contributed by atoms with Crippen LogP contribution in [0.5, 0.6) is 23.0 Å². The van der Waals surface area contributed by atoms with Gasteiger partial charge in [0.1, 0.15) is 6.61 Å². The van der Waals surface area contributed by atoms with Crippen molar-refractivity contribution in [1.29, 1.82) is 0 Å². The van der Waals surface area contributed by atoms with Gasteiger partial charge in [-0.1, -0.05) is 49.4 Å². The van der Waals surface area contributed by atoms with Crippen LogP contribution >= 0.6 is 0 Å². The average Bonchev–Trinajstić information content (AvgIpc) is 3.33. The molecule has 2 heterocycles.